The van der Waals surface area contributed by atoms with E-state index in [4.69, 9.17) is 5.73 Å². The van der Waals surface area contributed by atoms with Gasteiger partial charge in [0.1, 0.15) is 5.65 Å². The first kappa shape index (κ1) is 16.3. The molecule has 0 bridgehead atoms. The molecule has 0 atom stereocenters. The van der Waals surface area contributed by atoms with Gasteiger partial charge in [-0.2, -0.15) is 0 Å². The molecule has 0 aromatic carbocycles. The molecule has 1 aliphatic rings. The average molecular weight is 351 g/mol. The zero-order valence-electron chi connectivity index (χ0n) is 14.6. The fourth-order valence-corrected chi connectivity index (χ4v) is 3.33. The Morgan fingerprint density at radius 3 is 2.65 bits per heavy atom. The van der Waals surface area contributed by atoms with Crippen molar-refractivity contribution in [2.45, 2.75) is 25.8 Å². The van der Waals surface area contributed by atoms with Gasteiger partial charge < -0.3 is 20.9 Å². The minimum absolute atomic E-state index is 0.246. The predicted octanol–water partition coefficient (Wildman–Crippen LogP) is 1.84. The first-order chi connectivity index (χ1) is 12.6. The van der Waals surface area contributed by atoms with Gasteiger partial charge in [0.15, 0.2) is 0 Å². The summed E-state index contributed by atoms with van der Waals surface area (Å²) in [5.74, 6) is 0.289. The molecule has 3 aromatic rings. The van der Waals surface area contributed by atoms with Crippen LogP contribution >= 0.6 is 0 Å². The van der Waals surface area contributed by atoms with Crippen LogP contribution in [0.4, 0.5) is 11.6 Å². The van der Waals surface area contributed by atoms with E-state index >= 15 is 0 Å². The summed E-state index contributed by atoms with van der Waals surface area (Å²) in [6, 6.07) is 2.15. The third-order valence-corrected chi connectivity index (χ3v) is 4.75. The molecule has 4 heterocycles. The van der Waals surface area contributed by atoms with E-state index in [1.807, 2.05) is 31.6 Å². The lowest BCUT2D eigenvalue weighted by Crippen LogP contribution is -2.40. The van der Waals surface area contributed by atoms with Gasteiger partial charge in [0.05, 0.1) is 11.3 Å². The molecule has 0 spiro atoms. The van der Waals surface area contributed by atoms with E-state index in [2.05, 4.69) is 30.2 Å². The molecule has 26 heavy (non-hydrogen) atoms. The summed E-state index contributed by atoms with van der Waals surface area (Å²) in [5.41, 5.74) is 8.50. The zero-order valence-corrected chi connectivity index (χ0v) is 14.6. The second kappa shape index (κ2) is 6.62. The number of carbonyl (C=O) groups is 1. The standard InChI is InChI=1S/C18H21N7O/c1-11-8-22-18(23-9-11)25-6-3-12(4-7-25)24-15-13-2-5-20-17(13)21-10-14(15)16(19)26/h2,5,8-10,12H,3-4,6-7H2,1H3,(H2,19,26)(H2,20,21,24). The normalized spacial score (nSPS) is 15.3. The fraction of sp³-hybridized carbons (Fsp3) is 0.333. The Bertz CT molecular complexity index is 926. The van der Waals surface area contributed by atoms with Crippen LogP contribution in [0.25, 0.3) is 11.0 Å². The van der Waals surface area contributed by atoms with E-state index in [1.165, 1.54) is 6.20 Å². The van der Waals surface area contributed by atoms with Crippen LogP contribution in [-0.4, -0.2) is 45.0 Å². The molecule has 4 rings (SSSR count). The Kier molecular flexibility index (Phi) is 4.16. The molecule has 0 aliphatic carbocycles. The van der Waals surface area contributed by atoms with E-state index < -0.39 is 5.91 Å². The summed E-state index contributed by atoms with van der Waals surface area (Å²) >= 11 is 0. The largest absolute Gasteiger partial charge is 0.381 e. The number of primary amides is 1. The molecule has 1 saturated heterocycles. The van der Waals surface area contributed by atoms with E-state index in [9.17, 15) is 4.79 Å². The smallest absolute Gasteiger partial charge is 0.252 e. The Morgan fingerprint density at radius 1 is 1.23 bits per heavy atom. The number of hydrogen-bond donors (Lipinski definition) is 3. The van der Waals surface area contributed by atoms with Crippen molar-refractivity contribution < 1.29 is 4.79 Å². The summed E-state index contributed by atoms with van der Waals surface area (Å²) in [5, 5.41) is 4.39. The molecular weight excluding hydrogens is 330 g/mol. The maximum atomic E-state index is 11.8. The van der Waals surface area contributed by atoms with Gasteiger partial charge in [0.2, 0.25) is 5.95 Å². The van der Waals surface area contributed by atoms with Crippen LogP contribution in [-0.2, 0) is 0 Å². The lowest BCUT2D eigenvalue weighted by molar-refractivity contribution is 0.100. The van der Waals surface area contributed by atoms with E-state index in [0.717, 1.165) is 54.2 Å². The number of amides is 1. The Balaban J connectivity index is 1.50. The third kappa shape index (κ3) is 3.05. The summed E-state index contributed by atoms with van der Waals surface area (Å²) in [4.78, 5) is 30.1. The molecule has 8 nitrogen and oxygen atoms in total. The Labute approximate surface area is 150 Å². The highest BCUT2D eigenvalue weighted by Crippen LogP contribution is 2.28. The van der Waals surface area contributed by atoms with Crippen LogP contribution in [0.2, 0.25) is 0 Å². The quantitative estimate of drug-likeness (QED) is 0.661. The van der Waals surface area contributed by atoms with Crippen LogP contribution in [0, 0.1) is 6.92 Å². The minimum atomic E-state index is -0.478. The molecule has 0 radical (unpaired) electrons. The fourth-order valence-electron chi connectivity index (χ4n) is 3.33. The minimum Gasteiger partial charge on any atom is -0.381 e. The van der Waals surface area contributed by atoms with E-state index in [0.29, 0.717) is 5.56 Å². The van der Waals surface area contributed by atoms with Gasteiger partial charge in [-0.25, -0.2) is 15.0 Å². The molecule has 4 N–H and O–H groups in total. The molecule has 1 amide bonds. The van der Waals surface area contributed by atoms with Gasteiger partial charge in [-0.3, -0.25) is 4.79 Å². The highest BCUT2D eigenvalue weighted by molar-refractivity contribution is 6.05. The van der Waals surface area contributed by atoms with Crippen molar-refractivity contribution in [2.24, 2.45) is 5.73 Å². The Morgan fingerprint density at radius 2 is 1.96 bits per heavy atom. The van der Waals surface area contributed by atoms with Crippen molar-refractivity contribution in [1.29, 1.82) is 0 Å². The Hall–Kier alpha value is -3.16. The topological polar surface area (TPSA) is 113 Å². The van der Waals surface area contributed by atoms with Crippen molar-refractivity contribution >= 4 is 28.6 Å². The lowest BCUT2D eigenvalue weighted by atomic mass is 10.0. The number of aromatic nitrogens is 4. The number of H-pyrrole nitrogens is 1. The number of nitrogens with zero attached hydrogens (tertiary/aromatic N) is 4. The monoisotopic (exact) mass is 351 g/mol. The second-order valence-corrected chi connectivity index (χ2v) is 6.62. The SMILES string of the molecule is Cc1cnc(N2CCC(Nc3c(C(N)=O)cnc4[nH]ccc34)CC2)nc1. The first-order valence-corrected chi connectivity index (χ1v) is 8.68. The predicted molar refractivity (Wildman–Crippen MR) is 100 cm³/mol. The van der Waals surface area contributed by atoms with E-state index in [-0.39, 0.29) is 6.04 Å². The lowest BCUT2D eigenvalue weighted by Gasteiger charge is -2.33. The number of anilines is 2. The molecule has 3 aromatic heterocycles. The molecule has 134 valence electrons. The van der Waals surface area contributed by atoms with Gasteiger partial charge >= 0.3 is 0 Å². The van der Waals surface area contributed by atoms with Crippen LogP contribution in [0.15, 0.2) is 30.9 Å². The highest BCUT2D eigenvalue weighted by Gasteiger charge is 2.23. The number of piperidine rings is 1. The van der Waals surface area contributed by atoms with Crippen LogP contribution in [0.5, 0.6) is 0 Å². The number of pyridine rings is 1. The van der Waals surface area contributed by atoms with Gasteiger partial charge in [0, 0.05) is 49.3 Å². The van der Waals surface area contributed by atoms with Crippen molar-refractivity contribution in [3.8, 4) is 0 Å². The number of aryl methyl sites for hydroxylation is 1. The number of carbonyl (C=O) groups excluding carboxylic acids is 1. The summed E-state index contributed by atoms with van der Waals surface area (Å²) in [6.45, 7) is 3.69. The van der Waals surface area contributed by atoms with Crippen molar-refractivity contribution in [3.63, 3.8) is 0 Å². The van der Waals surface area contributed by atoms with Crippen LogP contribution in [0.1, 0.15) is 28.8 Å². The summed E-state index contributed by atoms with van der Waals surface area (Å²) in [7, 11) is 0. The number of nitrogens with two attached hydrogens (primary N) is 1. The number of rotatable bonds is 4. The van der Waals surface area contributed by atoms with Gasteiger partial charge in [-0.1, -0.05) is 0 Å². The number of nitrogens with one attached hydrogen (secondary N) is 2. The third-order valence-electron chi connectivity index (χ3n) is 4.75. The van der Waals surface area contributed by atoms with Crippen molar-refractivity contribution in [3.05, 3.63) is 42.0 Å². The number of fused-ring (bicyclic) bond motifs is 1. The second-order valence-electron chi connectivity index (χ2n) is 6.62. The summed E-state index contributed by atoms with van der Waals surface area (Å²) < 4.78 is 0. The molecule has 0 saturated carbocycles. The van der Waals surface area contributed by atoms with Crippen molar-refractivity contribution in [2.75, 3.05) is 23.3 Å². The number of aromatic amines is 1. The van der Waals surface area contributed by atoms with Crippen LogP contribution in [0.3, 0.4) is 0 Å². The maximum absolute atomic E-state index is 11.8. The molecular formula is C18H21N7O. The molecule has 0 unspecified atom stereocenters. The molecule has 1 fully saturated rings. The summed E-state index contributed by atoms with van der Waals surface area (Å²) in [6.07, 6.45) is 8.86. The van der Waals surface area contributed by atoms with Crippen LogP contribution < -0.4 is 16.0 Å². The zero-order chi connectivity index (χ0) is 18.1. The van der Waals surface area contributed by atoms with Gasteiger partial charge in [0.25, 0.3) is 5.91 Å². The van der Waals surface area contributed by atoms with Gasteiger partial charge in [-0.05, 0) is 31.4 Å². The average Bonchev–Trinajstić information content (AvgIpc) is 3.12. The van der Waals surface area contributed by atoms with Gasteiger partial charge in [-0.15, -0.1) is 0 Å². The highest BCUT2D eigenvalue weighted by atomic mass is 16.1. The first-order valence-electron chi connectivity index (χ1n) is 8.68. The maximum Gasteiger partial charge on any atom is 0.252 e. The van der Waals surface area contributed by atoms with Crippen molar-refractivity contribution in [1.82, 2.24) is 19.9 Å². The molecule has 1 aliphatic heterocycles. The van der Waals surface area contributed by atoms with E-state index in [1.54, 1.807) is 0 Å². The number of hydrogen-bond acceptors (Lipinski definition) is 6. The molecule has 8 heteroatoms.